The van der Waals surface area contributed by atoms with Crippen LogP contribution in [-0.2, 0) is 0 Å². The van der Waals surface area contributed by atoms with E-state index in [0.717, 1.165) is 30.6 Å². The fourth-order valence-corrected chi connectivity index (χ4v) is 3.00. The molecular weight excluding hydrogens is 268 g/mol. The molecule has 1 aromatic heterocycles. The Bertz CT molecular complexity index is 686. The van der Waals surface area contributed by atoms with Gasteiger partial charge in [-0.3, -0.25) is 10.1 Å². The normalized spacial score (nSPS) is 19.9. The topological polar surface area (TPSA) is 85.3 Å². The molecule has 0 saturated carbocycles. The fourth-order valence-electron chi connectivity index (χ4n) is 3.00. The van der Waals surface area contributed by atoms with Crippen molar-refractivity contribution in [3.8, 4) is 0 Å². The molecule has 2 unspecified atom stereocenters. The molecule has 6 heteroatoms. The van der Waals surface area contributed by atoms with Gasteiger partial charge in [0.15, 0.2) is 0 Å². The van der Waals surface area contributed by atoms with Crippen molar-refractivity contribution in [2.24, 2.45) is 11.7 Å². The number of pyridine rings is 1. The van der Waals surface area contributed by atoms with E-state index in [1.807, 2.05) is 25.1 Å². The van der Waals surface area contributed by atoms with Crippen LogP contribution in [-0.4, -0.2) is 29.0 Å². The zero-order valence-electron chi connectivity index (χ0n) is 11.9. The molecule has 0 bridgehead atoms. The lowest BCUT2D eigenvalue weighted by Crippen LogP contribution is -2.29. The number of nitrogens with two attached hydrogens (primary N) is 1. The standard InChI is InChI=1S/C15H18N4O2/c1-10(16)11-6-8-18(9-11)13-4-5-14(19(20)21)15-12(13)3-2-7-17-15/h2-5,7,10-11H,6,8-9,16H2,1H3. The number of non-ortho nitro benzene ring substituents is 1. The number of anilines is 1. The summed E-state index contributed by atoms with van der Waals surface area (Å²) in [5.41, 5.74) is 7.49. The van der Waals surface area contributed by atoms with Crippen LogP contribution < -0.4 is 10.6 Å². The summed E-state index contributed by atoms with van der Waals surface area (Å²) >= 11 is 0. The summed E-state index contributed by atoms with van der Waals surface area (Å²) in [6, 6.07) is 7.24. The minimum absolute atomic E-state index is 0.0530. The molecule has 2 aromatic rings. The summed E-state index contributed by atoms with van der Waals surface area (Å²) in [5, 5.41) is 12.0. The van der Waals surface area contributed by atoms with Crippen LogP contribution in [0.4, 0.5) is 11.4 Å². The monoisotopic (exact) mass is 286 g/mol. The molecule has 110 valence electrons. The van der Waals surface area contributed by atoms with Crippen LogP contribution in [0.1, 0.15) is 13.3 Å². The Balaban J connectivity index is 2.05. The van der Waals surface area contributed by atoms with Crippen molar-refractivity contribution in [2.45, 2.75) is 19.4 Å². The summed E-state index contributed by atoms with van der Waals surface area (Å²) in [4.78, 5) is 17.2. The Kier molecular flexibility index (Phi) is 3.47. The zero-order valence-corrected chi connectivity index (χ0v) is 11.9. The Morgan fingerprint density at radius 2 is 2.29 bits per heavy atom. The van der Waals surface area contributed by atoms with Crippen LogP contribution in [0, 0.1) is 16.0 Å². The maximum Gasteiger partial charge on any atom is 0.295 e. The minimum atomic E-state index is -0.381. The first-order chi connectivity index (χ1) is 10.1. The molecule has 2 heterocycles. The second kappa shape index (κ2) is 5.29. The second-order valence-electron chi connectivity index (χ2n) is 5.61. The number of hydrogen-bond donors (Lipinski definition) is 1. The molecule has 1 fully saturated rings. The van der Waals surface area contributed by atoms with E-state index in [0.29, 0.717) is 11.4 Å². The van der Waals surface area contributed by atoms with Crippen molar-refractivity contribution >= 4 is 22.3 Å². The molecule has 0 radical (unpaired) electrons. The number of nitro groups is 1. The van der Waals surface area contributed by atoms with Gasteiger partial charge in [0.2, 0.25) is 0 Å². The third-order valence-corrected chi connectivity index (χ3v) is 4.23. The van der Waals surface area contributed by atoms with Crippen LogP contribution in [0.3, 0.4) is 0 Å². The maximum atomic E-state index is 11.1. The van der Waals surface area contributed by atoms with Crippen molar-refractivity contribution in [1.82, 2.24) is 4.98 Å². The van der Waals surface area contributed by atoms with E-state index in [9.17, 15) is 10.1 Å². The highest BCUT2D eigenvalue weighted by molar-refractivity contribution is 5.97. The van der Waals surface area contributed by atoms with Crippen LogP contribution in [0.2, 0.25) is 0 Å². The van der Waals surface area contributed by atoms with Gasteiger partial charge in [0.1, 0.15) is 5.52 Å². The van der Waals surface area contributed by atoms with E-state index in [2.05, 4.69) is 9.88 Å². The van der Waals surface area contributed by atoms with Crippen LogP contribution in [0.15, 0.2) is 30.5 Å². The molecular formula is C15H18N4O2. The Morgan fingerprint density at radius 3 is 2.95 bits per heavy atom. The number of nitro benzene ring substituents is 1. The second-order valence-corrected chi connectivity index (χ2v) is 5.61. The molecule has 0 amide bonds. The van der Waals surface area contributed by atoms with Crippen LogP contribution in [0.25, 0.3) is 10.9 Å². The van der Waals surface area contributed by atoms with E-state index in [1.54, 1.807) is 12.3 Å². The Labute approximate surface area is 122 Å². The largest absolute Gasteiger partial charge is 0.371 e. The molecule has 2 N–H and O–H groups in total. The van der Waals surface area contributed by atoms with Crippen molar-refractivity contribution < 1.29 is 4.92 Å². The molecule has 21 heavy (non-hydrogen) atoms. The molecule has 0 spiro atoms. The van der Waals surface area contributed by atoms with Gasteiger partial charge in [-0.25, -0.2) is 4.98 Å². The molecule has 1 saturated heterocycles. The molecule has 3 rings (SSSR count). The summed E-state index contributed by atoms with van der Waals surface area (Å²) in [6.07, 6.45) is 2.64. The SMILES string of the molecule is CC(N)C1CCN(c2ccc([N+](=O)[O-])c3ncccc23)C1. The van der Waals surface area contributed by atoms with Gasteiger partial charge in [0.25, 0.3) is 5.69 Å². The number of fused-ring (bicyclic) bond motifs is 1. The third kappa shape index (κ3) is 2.42. The predicted octanol–water partition coefficient (Wildman–Crippen LogP) is 2.32. The summed E-state index contributed by atoms with van der Waals surface area (Å²) < 4.78 is 0. The highest BCUT2D eigenvalue weighted by atomic mass is 16.6. The van der Waals surface area contributed by atoms with Crippen molar-refractivity contribution in [3.63, 3.8) is 0 Å². The molecule has 1 aromatic carbocycles. The summed E-state index contributed by atoms with van der Waals surface area (Å²) in [7, 11) is 0. The smallest absolute Gasteiger partial charge is 0.295 e. The van der Waals surface area contributed by atoms with Crippen LogP contribution in [0.5, 0.6) is 0 Å². The van der Waals surface area contributed by atoms with Gasteiger partial charge in [0.05, 0.1) is 4.92 Å². The first-order valence-electron chi connectivity index (χ1n) is 7.10. The predicted molar refractivity (Wildman–Crippen MR) is 82.4 cm³/mol. The number of aromatic nitrogens is 1. The van der Waals surface area contributed by atoms with Gasteiger partial charge in [-0.05, 0) is 37.5 Å². The third-order valence-electron chi connectivity index (χ3n) is 4.23. The summed E-state index contributed by atoms with van der Waals surface area (Å²) in [6.45, 7) is 3.84. The average Bonchev–Trinajstić information content (AvgIpc) is 2.95. The number of hydrogen-bond acceptors (Lipinski definition) is 5. The van der Waals surface area contributed by atoms with Gasteiger partial charge < -0.3 is 10.6 Å². The molecule has 1 aliphatic rings. The highest BCUT2D eigenvalue weighted by Gasteiger charge is 2.27. The van der Waals surface area contributed by atoms with E-state index in [1.165, 1.54) is 0 Å². The molecule has 1 aliphatic heterocycles. The van der Waals surface area contributed by atoms with E-state index in [4.69, 9.17) is 5.73 Å². The van der Waals surface area contributed by atoms with Gasteiger partial charge in [-0.2, -0.15) is 0 Å². The van der Waals surface area contributed by atoms with Gasteiger partial charge in [-0.1, -0.05) is 0 Å². The number of benzene rings is 1. The van der Waals surface area contributed by atoms with Crippen molar-refractivity contribution in [3.05, 3.63) is 40.6 Å². The van der Waals surface area contributed by atoms with Gasteiger partial charge >= 0.3 is 0 Å². The molecule has 6 nitrogen and oxygen atoms in total. The highest BCUT2D eigenvalue weighted by Crippen LogP contribution is 2.34. The van der Waals surface area contributed by atoms with E-state index < -0.39 is 0 Å². The maximum absolute atomic E-state index is 11.1. The first kappa shape index (κ1) is 13.8. The fraction of sp³-hybridized carbons (Fsp3) is 0.400. The average molecular weight is 286 g/mol. The Morgan fingerprint density at radius 1 is 1.48 bits per heavy atom. The van der Waals surface area contributed by atoms with Crippen molar-refractivity contribution in [1.29, 1.82) is 0 Å². The number of rotatable bonds is 3. The zero-order chi connectivity index (χ0) is 15.0. The van der Waals surface area contributed by atoms with Crippen molar-refractivity contribution in [2.75, 3.05) is 18.0 Å². The van der Waals surface area contributed by atoms with E-state index >= 15 is 0 Å². The van der Waals surface area contributed by atoms with Gasteiger partial charge in [0, 0.05) is 42.5 Å². The molecule has 2 atom stereocenters. The van der Waals surface area contributed by atoms with E-state index in [-0.39, 0.29) is 16.7 Å². The molecule has 0 aliphatic carbocycles. The van der Waals surface area contributed by atoms with Gasteiger partial charge in [-0.15, -0.1) is 0 Å². The van der Waals surface area contributed by atoms with Crippen LogP contribution >= 0.6 is 0 Å². The minimum Gasteiger partial charge on any atom is -0.371 e. The summed E-state index contributed by atoms with van der Waals surface area (Å²) in [5.74, 6) is 0.465. The lowest BCUT2D eigenvalue weighted by molar-refractivity contribution is -0.383. The Hall–Kier alpha value is -2.21. The lowest BCUT2D eigenvalue weighted by atomic mass is 10.0. The number of nitrogens with zero attached hydrogens (tertiary/aromatic N) is 3. The first-order valence-corrected chi connectivity index (χ1v) is 7.10. The lowest BCUT2D eigenvalue weighted by Gasteiger charge is -2.21. The quantitative estimate of drug-likeness (QED) is 0.691.